The molecule has 0 aromatic heterocycles. The molecule has 0 atom stereocenters. The van der Waals surface area contributed by atoms with Crippen molar-refractivity contribution < 1.29 is 23.9 Å². The van der Waals surface area contributed by atoms with Gasteiger partial charge < -0.3 is 19.7 Å². The van der Waals surface area contributed by atoms with Crippen LogP contribution in [0.4, 0.5) is 5.69 Å². The van der Waals surface area contributed by atoms with Crippen molar-refractivity contribution in [1.29, 1.82) is 0 Å². The fraction of sp³-hybridized carbons (Fsp3) is 0.457. The number of para-hydroxylation sites is 1. The molecule has 0 bridgehead atoms. The van der Waals surface area contributed by atoms with E-state index in [-0.39, 0.29) is 34.9 Å². The fourth-order valence-electron chi connectivity index (χ4n) is 6.63. The lowest BCUT2D eigenvalue weighted by Gasteiger charge is -2.47. The Morgan fingerprint density at radius 2 is 1.48 bits per heavy atom. The van der Waals surface area contributed by atoms with Crippen molar-refractivity contribution in [3.63, 3.8) is 0 Å². The molecule has 2 aromatic carbocycles. The van der Waals surface area contributed by atoms with Crippen molar-refractivity contribution in [3.8, 4) is 11.5 Å². The molecule has 1 amide bonds. The maximum absolute atomic E-state index is 13.8. The van der Waals surface area contributed by atoms with Crippen molar-refractivity contribution in [3.05, 3.63) is 76.1 Å². The molecule has 3 aliphatic rings. The average Bonchev–Trinajstić information content (AvgIpc) is 2.89. The first kappa shape index (κ1) is 29.6. The van der Waals surface area contributed by atoms with Gasteiger partial charge in [0.1, 0.15) is 0 Å². The van der Waals surface area contributed by atoms with E-state index >= 15 is 0 Å². The normalized spacial score (nSPS) is 19.8. The van der Waals surface area contributed by atoms with Gasteiger partial charge in [-0.15, -0.1) is 0 Å². The van der Waals surface area contributed by atoms with Crippen LogP contribution in [0.5, 0.6) is 11.5 Å². The molecule has 1 N–H and O–H groups in total. The summed E-state index contributed by atoms with van der Waals surface area (Å²) in [6.45, 7) is 12.6. The number of ketones is 2. The summed E-state index contributed by atoms with van der Waals surface area (Å²) in [7, 11) is 2.01. The minimum atomic E-state index is -0.462. The first-order valence-corrected chi connectivity index (χ1v) is 14.8. The van der Waals surface area contributed by atoms with Gasteiger partial charge >= 0.3 is 0 Å². The van der Waals surface area contributed by atoms with E-state index in [1.54, 1.807) is 6.07 Å². The van der Waals surface area contributed by atoms with Crippen LogP contribution < -0.4 is 14.8 Å². The van der Waals surface area contributed by atoms with Crippen LogP contribution in [0.2, 0.25) is 0 Å². The Bertz CT molecular complexity index is 1460. The summed E-state index contributed by atoms with van der Waals surface area (Å²) >= 11 is 0. The van der Waals surface area contributed by atoms with Crippen LogP contribution in [0.1, 0.15) is 77.3 Å². The predicted octanol–water partition coefficient (Wildman–Crippen LogP) is 6.73. The highest BCUT2D eigenvalue weighted by atomic mass is 16.5. The second-order valence-corrected chi connectivity index (χ2v) is 13.4. The Morgan fingerprint density at radius 1 is 0.881 bits per heavy atom. The van der Waals surface area contributed by atoms with Gasteiger partial charge in [0.2, 0.25) is 0 Å². The zero-order chi connectivity index (χ0) is 30.4. The quantitative estimate of drug-likeness (QED) is 0.398. The van der Waals surface area contributed by atoms with Crippen molar-refractivity contribution in [2.24, 2.45) is 10.8 Å². The first-order chi connectivity index (χ1) is 19.8. The molecular formula is C35H42N2O5. The molecule has 7 nitrogen and oxygen atoms in total. The number of aryl methyl sites for hydroxylation is 1. The van der Waals surface area contributed by atoms with Gasteiger partial charge in [0.25, 0.3) is 5.91 Å². The Kier molecular flexibility index (Phi) is 7.82. The SMILES string of the molecule is CCOc1cc(C2C3=C(CC(C)(C)CC3=O)N(C)C3=C2C(=O)CC(C)(C)C3)ccc1OCC(=O)Nc1ccccc1C. The molecule has 2 aliphatic carbocycles. The summed E-state index contributed by atoms with van der Waals surface area (Å²) in [4.78, 5) is 42.4. The van der Waals surface area contributed by atoms with Crippen LogP contribution in [0.25, 0.3) is 0 Å². The molecule has 0 fully saturated rings. The van der Waals surface area contributed by atoms with E-state index in [0.29, 0.717) is 30.9 Å². The van der Waals surface area contributed by atoms with E-state index in [4.69, 9.17) is 9.47 Å². The maximum atomic E-state index is 13.8. The van der Waals surface area contributed by atoms with Crippen LogP contribution in [-0.2, 0) is 14.4 Å². The zero-order valence-corrected chi connectivity index (χ0v) is 25.8. The smallest absolute Gasteiger partial charge is 0.262 e. The summed E-state index contributed by atoms with van der Waals surface area (Å²) in [6, 6.07) is 13.1. The molecule has 7 heteroatoms. The highest BCUT2D eigenvalue weighted by Gasteiger charge is 2.48. The molecule has 0 saturated heterocycles. The Hall–Kier alpha value is -3.87. The van der Waals surface area contributed by atoms with E-state index < -0.39 is 5.92 Å². The summed E-state index contributed by atoms with van der Waals surface area (Å²) in [5.41, 5.74) is 5.67. The van der Waals surface area contributed by atoms with Gasteiger partial charge in [-0.1, -0.05) is 52.0 Å². The van der Waals surface area contributed by atoms with Crippen molar-refractivity contribution in [1.82, 2.24) is 4.90 Å². The van der Waals surface area contributed by atoms with Gasteiger partial charge in [0.15, 0.2) is 29.7 Å². The van der Waals surface area contributed by atoms with E-state index in [2.05, 4.69) is 37.9 Å². The number of carbonyl (C=O) groups is 3. The number of carbonyl (C=O) groups excluding carboxylic acids is 3. The van der Waals surface area contributed by atoms with Crippen molar-refractivity contribution in [2.75, 3.05) is 25.6 Å². The number of ether oxygens (including phenoxy) is 2. The Morgan fingerprint density at radius 3 is 2.05 bits per heavy atom. The third kappa shape index (κ3) is 5.74. The van der Waals surface area contributed by atoms with Crippen LogP contribution in [0.3, 0.4) is 0 Å². The first-order valence-electron chi connectivity index (χ1n) is 14.8. The number of anilines is 1. The summed E-state index contributed by atoms with van der Waals surface area (Å²) in [6.07, 6.45) is 2.41. The Balaban J connectivity index is 1.51. The highest BCUT2D eigenvalue weighted by molar-refractivity contribution is 6.06. The van der Waals surface area contributed by atoms with Gasteiger partial charge in [-0.25, -0.2) is 0 Å². The molecular weight excluding hydrogens is 528 g/mol. The standard InChI is InChI=1S/C35H42N2O5/c1-8-41-29-15-22(13-14-28(29)42-20-30(40)36-23-12-10-9-11-21(23)2)31-32-24(16-34(3,4)18-26(32)38)37(7)25-17-35(5,6)19-27(39)33(25)31/h9-15,31H,8,16-20H2,1-7H3,(H,36,40). The number of amides is 1. The van der Waals surface area contributed by atoms with E-state index in [1.807, 2.05) is 57.3 Å². The van der Waals surface area contributed by atoms with Gasteiger partial charge in [0.05, 0.1) is 6.61 Å². The maximum Gasteiger partial charge on any atom is 0.262 e. The molecule has 0 radical (unpaired) electrons. The number of rotatable bonds is 7. The van der Waals surface area contributed by atoms with Crippen molar-refractivity contribution in [2.45, 2.75) is 73.1 Å². The second-order valence-electron chi connectivity index (χ2n) is 13.4. The minimum absolute atomic E-state index is 0.0912. The van der Waals surface area contributed by atoms with Gasteiger partial charge in [-0.05, 0) is 66.8 Å². The fourth-order valence-corrected chi connectivity index (χ4v) is 6.63. The van der Waals surface area contributed by atoms with E-state index in [9.17, 15) is 14.4 Å². The number of benzene rings is 2. The van der Waals surface area contributed by atoms with Crippen LogP contribution in [0.15, 0.2) is 65.0 Å². The minimum Gasteiger partial charge on any atom is -0.490 e. The number of hydrogen-bond acceptors (Lipinski definition) is 6. The molecule has 5 rings (SSSR count). The van der Waals surface area contributed by atoms with E-state index in [0.717, 1.165) is 52.2 Å². The summed E-state index contributed by atoms with van der Waals surface area (Å²) in [5, 5.41) is 2.89. The average molecular weight is 571 g/mol. The number of Topliss-reactive ketones (excluding diaryl/α,β-unsaturated/α-hetero) is 2. The number of nitrogens with one attached hydrogen (secondary N) is 1. The lowest BCUT2D eigenvalue weighted by molar-refractivity contribution is -0.120. The third-order valence-corrected chi connectivity index (χ3v) is 8.56. The molecule has 0 saturated carbocycles. The lowest BCUT2D eigenvalue weighted by Crippen LogP contribution is -2.43. The predicted molar refractivity (Wildman–Crippen MR) is 164 cm³/mol. The monoisotopic (exact) mass is 570 g/mol. The highest BCUT2D eigenvalue weighted by Crippen LogP contribution is 2.54. The summed E-state index contributed by atoms with van der Waals surface area (Å²) in [5.74, 6) is 0.359. The molecule has 2 aromatic rings. The van der Waals surface area contributed by atoms with Crippen LogP contribution in [-0.4, -0.2) is 42.6 Å². The molecule has 1 heterocycles. The van der Waals surface area contributed by atoms with Crippen molar-refractivity contribution >= 4 is 23.2 Å². The number of allylic oxidation sites excluding steroid dienone is 4. The van der Waals surface area contributed by atoms with Gasteiger partial charge in [-0.3, -0.25) is 14.4 Å². The lowest BCUT2D eigenvalue weighted by atomic mass is 9.64. The Labute approximate surface area is 249 Å². The molecule has 42 heavy (non-hydrogen) atoms. The zero-order valence-electron chi connectivity index (χ0n) is 25.8. The number of hydrogen-bond donors (Lipinski definition) is 1. The van der Waals surface area contributed by atoms with E-state index in [1.165, 1.54) is 0 Å². The molecule has 222 valence electrons. The molecule has 0 unspecified atom stereocenters. The third-order valence-electron chi connectivity index (χ3n) is 8.56. The van der Waals surface area contributed by atoms with Gasteiger partial charge in [-0.2, -0.15) is 0 Å². The number of nitrogens with zero attached hydrogens (tertiary/aromatic N) is 1. The topological polar surface area (TPSA) is 84.9 Å². The van der Waals surface area contributed by atoms with Crippen LogP contribution in [0, 0.1) is 17.8 Å². The largest absolute Gasteiger partial charge is 0.490 e. The second kappa shape index (κ2) is 11.1. The van der Waals surface area contributed by atoms with Crippen LogP contribution >= 0.6 is 0 Å². The molecule has 0 spiro atoms. The molecule has 1 aliphatic heterocycles. The summed E-state index contributed by atoms with van der Waals surface area (Å²) < 4.78 is 11.9. The van der Waals surface area contributed by atoms with Gasteiger partial charge in [0, 0.05) is 54.0 Å².